The van der Waals surface area contributed by atoms with Gasteiger partial charge in [0.1, 0.15) is 0 Å². The third-order valence-electron chi connectivity index (χ3n) is 4.73. The fourth-order valence-corrected chi connectivity index (χ4v) is 3.41. The van der Waals surface area contributed by atoms with Gasteiger partial charge in [0.25, 0.3) is 0 Å². The van der Waals surface area contributed by atoms with Gasteiger partial charge in [0.05, 0.1) is 0 Å². The van der Waals surface area contributed by atoms with Gasteiger partial charge in [0.2, 0.25) is 0 Å². The van der Waals surface area contributed by atoms with Crippen molar-refractivity contribution in [3.63, 3.8) is 0 Å². The Morgan fingerprint density at radius 3 is 2.05 bits per heavy atom. The molecule has 108 valence electrons. The number of hydrogen-bond donors (Lipinski definition) is 1. The zero-order valence-electron chi connectivity index (χ0n) is 12.9. The highest BCUT2D eigenvalue weighted by atomic mass is 16.4. The monoisotopic (exact) mass is 272 g/mol. The quantitative estimate of drug-likeness (QED) is 0.818. The fourth-order valence-electron chi connectivity index (χ4n) is 3.41. The first kappa shape index (κ1) is 14.8. The molecule has 1 aliphatic rings. The number of rotatable bonds is 3. The predicted octanol–water partition coefficient (Wildman–Crippen LogP) is 4.58. The average molecular weight is 272 g/mol. The minimum atomic E-state index is -0.829. The number of benzene rings is 1. The van der Waals surface area contributed by atoms with Crippen molar-refractivity contribution in [2.45, 2.75) is 53.4 Å². The lowest BCUT2D eigenvalue weighted by Crippen LogP contribution is -2.07. The predicted molar refractivity (Wildman–Crippen MR) is 83.0 cm³/mol. The van der Waals surface area contributed by atoms with Crippen LogP contribution in [0.5, 0.6) is 0 Å². The second-order valence-corrected chi connectivity index (χ2v) is 6.05. The molecule has 0 saturated heterocycles. The van der Waals surface area contributed by atoms with Crippen molar-refractivity contribution in [3.05, 3.63) is 40.0 Å². The van der Waals surface area contributed by atoms with Crippen molar-refractivity contribution >= 4 is 11.5 Å². The summed E-state index contributed by atoms with van der Waals surface area (Å²) in [4.78, 5) is 11.3. The van der Waals surface area contributed by atoms with Crippen LogP contribution in [-0.2, 0) is 4.79 Å². The molecule has 0 heterocycles. The Labute approximate surface area is 121 Å². The molecule has 0 unspecified atom stereocenters. The third-order valence-corrected chi connectivity index (χ3v) is 4.73. The van der Waals surface area contributed by atoms with Crippen LogP contribution in [0.4, 0.5) is 0 Å². The van der Waals surface area contributed by atoms with Crippen molar-refractivity contribution < 1.29 is 9.90 Å². The van der Waals surface area contributed by atoms with Crippen molar-refractivity contribution in [2.75, 3.05) is 0 Å². The number of carboxylic acids is 1. The van der Waals surface area contributed by atoms with Crippen molar-refractivity contribution in [2.24, 2.45) is 5.92 Å². The standard InChI is InChI=1S/C18H24O2/c1-11-9-12(2)14(4)18(13(11)3)16(10-17(19)20)15-7-5-6-8-15/h9-10,15H,5-8H2,1-4H3,(H,19,20)/b16-10+. The largest absolute Gasteiger partial charge is 0.478 e. The smallest absolute Gasteiger partial charge is 0.328 e. The van der Waals surface area contributed by atoms with Gasteiger partial charge in [0.15, 0.2) is 0 Å². The summed E-state index contributed by atoms with van der Waals surface area (Å²) in [5, 5.41) is 9.25. The maximum atomic E-state index is 11.3. The Bertz CT molecular complexity index is 535. The van der Waals surface area contributed by atoms with E-state index in [0.717, 1.165) is 18.4 Å². The molecule has 0 bridgehead atoms. The van der Waals surface area contributed by atoms with E-state index in [1.807, 2.05) is 0 Å². The molecule has 1 aliphatic carbocycles. The second kappa shape index (κ2) is 5.82. The van der Waals surface area contributed by atoms with E-state index in [0.29, 0.717) is 5.92 Å². The molecule has 1 aromatic rings. The Balaban J connectivity index is 2.63. The van der Waals surface area contributed by atoms with E-state index in [1.165, 1.54) is 46.7 Å². The van der Waals surface area contributed by atoms with E-state index in [9.17, 15) is 9.90 Å². The van der Waals surface area contributed by atoms with E-state index >= 15 is 0 Å². The van der Waals surface area contributed by atoms with Gasteiger partial charge in [-0.2, -0.15) is 0 Å². The summed E-state index contributed by atoms with van der Waals surface area (Å²) >= 11 is 0. The minimum Gasteiger partial charge on any atom is -0.478 e. The topological polar surface area (TPSA) is 37.3 Å². The normalized spacial score (nSPS) is 16.7. The second-order valence-electron chi connectivity index (χ2n) is 6.05. The number of aryl methyl sites for hydroxylation is 2. The van der Waals surface area contributed by atoms with Crippen LogP contribution in [0.15, 0.2) is 12.1 Å². The Hall–Kier alpha value is -1.57. The van der Waals surface area contributed by atoms with Crippen molar-refractivity contribution in [3.8, 4) is 0 Å². The molecule has 0 aliphatic heterocycles. The highest BCUT2D eigenvalue weighted by Gasteiger charge is 2.24. The van der Waals surface area contributed by atoms with Crippen molar-refractivity contribution in [1.29, 1.82) is 0 Å². The van der Waals surface area contributed by atoms with E-state index < -0.39 is 5.97 Å². The van der Waals surface area contributed by atoms with Gasteiger partial charge in [0, 0.05) is 6.08 Å². The van der Waals surface area contributed by atoms with Crippen LogP contribution in [0, 0.1) is 33.6 Å². The number of carboxylic acid groups (broad SMARTS) is 1. The molecule has 0 amide bonds. The average Bonchev–Trinajstić information content (AvgIpc) is 2.88. The SMILES string of the molecule is Cc1cc(C)c(C)c(/C(=C/C(=O)O)C2CCCC2)c1C. The molecular weight excluding hydrogens is 248 g/mol. The molecule has 20 heavy (non-hydrogen) atoms. The van der Waals surface area contributed by atoms with E-state index in [4.69, 9.17) is 0 Å². The third kappa shape index (κ3) is 2.79. The maximum absolute atomic E-state index is 11.3. The lowest BCUT2D eigenvalue weighted by Gasteiger charge is -2.22. The Morgan fingerprint density at radius 2 is 1.60 bits per heavy atom. The molecule has 1 aromatic carbocycles. The van der Waals surface area contributed by atoms with Crippen molar-refractivity contribution in [1.82, 2.24) is 0 Å². The highest BCUT2D eigenvalue weighted by Crippen LogP contribution is 2.40. The molecular formula is C18H24O2. The Kier molecular flexibility index (Phi) is 4.32. The lowest BCUT2D eigenvalue weighted by molar-refractivity contribution is -0.131. The van der Waals surface area contributed by atoms with Gasteiger partial charge in [-0.1, -0.05) is 18.9 Å². The van der Waals surface area contributed by atoms with Crippen LogP contribution in [-0.4, -0.2) is 11.1 Å². The van der Waals surface area contributed by atoms with Gasteiger partial charge in [-0.3, -0.25) is 0 Å². The maximum Gasteiger partial charge on any atom is 0.328 e. The summed E-state index contributed by atoms with van der Waals surface area (Å²) in [7, 11) is 0. The van der Waals surface area contributed by atoms with E-state index in [1.54, 1.807) is 0 Å². The first-order chi connectivity index (χ1) is 9.41. The van der Waals surface area contributed by atoms with E-state index in [-0.39, 0.29) is 0 Å². The zero-order valence-corrected chi connectivity index (χ0v) is 12.9. The molecule has 2 rings (SSSR count). The van der Waals surface area contributed by atoms with Gasteiger partial charge in [-0.25, -0.2) is 4.79 Å². The first-order valence-corrected chi connectivity index (χ1v) is 7.44. The summed E-state index contributed by atoms with van der Waals surface area (Å²) in [6.07, 6.45) is 6.11. The summed E-state index contributed by atoms with van der Waals surface area (Å²) in [5.41, 5.74) is 7.17. The molecule has 1 saturated carbocycles. The van der Waals surface area contributed by atoms with Gasteiger partial charge in [-0.05, 0) is 79.8 Å². The molecule has 0 radical (unpaired) electrons. The van der Waals surface area contributed by atoms with Gasteiger partial charge >= 0.3 is 5.97 Å². The molecule has 2 nitrogen and oxygen atoms in total. The summed E-state index contributed by atoms with van der Waals surface area (Å²) < 4.78 is 0. The van der Waals surface area contributed by atoms with Gasteiger partial charge in [-0.15, -0.1) is 0 Å². The molecule has 0 spiro atoms. The molecule has 0 atom stereocenters. The van der Waals surface area contributed by atoms with Gasteiger partial charge < -0.3 is 5.11 Å². The number of allylic oxidation sites excluding steroid dienone is 1. The van der Waals surface area contributed by atoms with Crippen LogP contribution in [0.3, 0.4) is 0 Å². The Morgan fingerprint density at radius 1 is 1.10 bits per heavy atom. The summed E-state index contributed by atoms with van der Waals surface area (Å²) in [6, 6.07) is 2.20. The molecule has 1 fully saturated rings. The molecule has 1 N–H and O–H groups in total. The number of carbonyl (C=O) groups is 1. The first-order valence-electron chi connectivity index (χ1n) is 7.44. The summed E-state index contributed by atoms with van der Waals surface area (Å²) in [5.74, 6) is -0.422. The molecule has 0 aromatic heterocycles. The number of hydrogen-bond acceptors (Lipinski definition) is 1. The van der Waals surface area contributed by atoms with Crippen LogP contribution < -0.4 is 0 Å². The summed E-state index contributed by atoms with van der Waals surface area (Å²) in [6.45, 7) is 8.44. The fraction of sp³-hybridized carbons (Fsp3) is 0.500. The zero-order chi connectivity index (χ0) is 14.9. The van der Waals surface area contributed by atoms with E-state index in [2.05, 4.69) is 33.8 Å². The highest BCUT2D eigenvalue weighted by molar-refractivity contribution is 5.92. The van der Waals surface area contributed by atoms with Crippen LogP contribution >= 0.6 is 0 Å². The minimum absolute atomic E-state index is 0.407. The lowest BCUT2D eigenvalue weighted by atomic mass is 9.83. The van der Waals surface area contributed by atoms with Crippen LogP contribution in [0.25, 0.3) is 5.57 Å². The van der Waals surface area contributed by atoms with Crippen LogP contribution in [0.2, 0.25) is 0 Å². The molecule has 2 heteroatoms. The number of aliphatic carboxylic acids is 1. The van der Waals surface area contributed by atoms with Crippen LogP contribution in [0.1, 0.15) is 53.5 Å².